The Labute approximate surface area is 87.1 Å². The number of rotatable bonds is 2. The molecule has 0 radical (unpaired) electrons. The fourth-order valence-corrected chi connectivity index (χ4v) is 1.21. The third kappa shape index (κ3) is 1.81. The van der Waals surface area contributed by atoms with E-state index in [9.17, 15) is 0 Å². The van der Waals surface area contributed by atoms with Gasteiger partial charge in [0.15, 0.2) is 12.4 Å². The van der Waals surface area contributed by atoms with E-state index in [4.69, 9.17) is 16.9 Å². The van der Waals surface area contributed by atoms with Gasteiger partial charge < -0.3 is 10.5 Å². The van der Waals surface area contributed by atoms with Crippen LogP contribution in [0.2, 0.25) is 0 Å². The SMILES string of the molecule is C#CCOc1nc2ccccc2nc1N. The lowest BCUT2D eigenvalue weighted by atomic mass is 10.3. The molecule has 74 valence electrons. The first kappa shape index (κ1) is 9.28. The second kappa shape index (κ2) is 3.84. The molecule has 2 rings (SSSR count). The molecule has 4 nitrogen and oxygen atoms in total. The lowest BCUT2D eigenvalue weighted by molar-refractivity contribution is 0.358. The van der Waals surface area contributed by atoms with Crippen LogP contribution in [0, 0.1) is 12.3 Å². The van der Waals surface area contributed by atoms with Crippen LogP contribution in [0.1, 0.15) is 0 Å². The van der Waals surface area contributed by atoms with Crippen molar-refractivity contribution in [2.45, 2.75) is 0 Å². The van der Waals surface area contributed by atoms with Crippen LogP contribution < -0.4 is 10.5 Å². The van der Waals surface area contributed by atoms with Gasteiger partial charge in [-0.2, -0.15) is 0 Å². The van der Waals surface area contributed by atoms with Crippen LogP contribution in [0.15, 0.2) is 24.3 Å². The molecule has 4 heteroatoms. The Hall–Kier alpha value is -2.28. The van der Waals surface area contributed by atoms with E-state index in [1.54, 1.807) is 0 Å². The van der Waals surface area contributed by atoms with Crippen LogP contribution in [0.4, 0.5) is 5.82 Å². The predicted molar refractivity (Wildman–Crippen MR) is 58.3 cm³/mol. The van der Waals surface area contributed by atoms with Crippen molar-refractivity contribution < 1.29 is 4.74 Å². The van der Waals surface area contributed by atoms with Crippen LogP contribution >= 0.6 is 0 Å². The van der Waals surface area contributed by atoms with E-state index in [-0.39, 0.29) is 18.3 Å². The summed E-state index contributed by atoms with van der Waals surface area (Å²) in [5.74, 6) is 2.88. The number of anilines is 1. The largest absolute Gasteiger partial charge is 0.462 e. The normalized spacial score (nSPS) is 9.80. The summed E-state index contributed by atoms with van der Waals surface area (Å²) in [6, 6.07) is 7.42. The van der Waals surface area contributed by atoms with Gasteiger partial charge in [0, 0.05) is 0 Å². The topological polar surface area (TPSA) is 61.0 Å². The van der Waals surface area contributed by atoms with E-state index < -0.39 is 0 Å². The number of nitrogens with two attached hydrogens (primary N) is 1. The quantitative estimate of drug-likeness (QED) is 0.739. The van der Waals surface area contributed by atoms with E-state index in [0.717, 1.165) is 11.0 Å². The Kier molecular flexibility index (Phi) is 2.38. The third-order valence-electron chi connectivity index (χ3n) is 1.86. The average molecular weight is 199 g/mol. The average Bonchev–Trinajstić information content (AvgIpc) is 2.26. The van der Waals surface area contributed by atoms with Gasteiger partial charge in [-0.15, -0.1) is 6.42 Å². The van der Waals surface area contributed by atoms with Crippen LogP contribution in [0.3, 0.4) is 0 Å². The molecule has 1 heterocycles. The van der Waals surface area contributed by atoms with E-state index >= 15 is 0 Å². The summed E-state index contributed by atoms with van der Waals surface area (Å²) in [7, 11) is 0. The van der Waals surface area contributed by atoms with Gasteiger partial charge in [-0.1, -0.05) is 18.1 Å². The number of para-hydroxylation sites is 2. The van der Waals surface area contributed by atoms with Gasteiger partial charge in [-0.25, -0.2) is 9.97 Å². The number of nitrogen functional groups attached to an aromatic ring is 1. The molecule has 0 atom stereocenters. The summed E-state index contributed by atoms with van der Waals surface area (Å²) in [6.45, 7) is 0.136. The maximum absolute atomic E-state index is 5.66. The van der Waals surface area contributed by atoms with E-state index in [2.05, 4.69) is 15.9 Å². The summed E-state index contributed by atoms with van der Waals surface area (Å²) in [5.41, 5.74) is 7.13. The molecule has 15 heavy (non-hydrogen) atoms. The molecule has 0 saturated carbocycles. The number of hydrogen-bond donors (Lipinski definition) is 1. The first-order chi connectivity index (χ1) is 7.31. The van der Waals surface area contributed by atoms with Crippen molar-refractivity contribution in [1.82, 2.24) is 9.97 Å². The monoisotopic (exact) mass is 199 g/mol. The molecule has 0 aliphatic heterocycles. The van der Waals surface area contributed by atoms with Crippen LogP contribution in [0.5, 0.6) is 5.88 Å². The summed E-state index contributed by atoms with van der Waals surface area (Å²) >= 11 is 0. The number of ether oxygens (including phenoxy) is 1. The summed E-state index contributed by atoms with van der Waals surface area (Å²) in [4.78, 5) is 8.36. The highest BCUT2D eigenvalue weighted by Gasteiger charge is 2.05. The van der Waals surface area contributed by atoms with Gasteiger partial charge >= 0.3 is 0 Å². The lowest BCUT2D eigenvalue weighted by Gasteiger charge is -2.05. The fourth-order valence-electron chi connectivity index (χ4n) is 1.21. The number of benzene rings is 1. The van der Waals surface area contributed by atoms with E-state index in [1.807, 2.05) is 24.3 Å². The zero-order valence-corrected chi connectivity index (χ0v) is 7.97. The smallest absolute Gasteiger partial charge is 0.258 e. The van der Waals surface area contributed by atoms with Crippen molar-refractivity contribution >= 4 is 16.9 Å². The Balaban J connectivity index is 2.48. The van der Waals surface area contributed by atoms with Gasteiger partial charge in [-0.3, -0.25) is 0 Å². The van der Waals surface area contributed by atoms with Crippen molar-refractivity contribution in [2.75, 3.05) is 12.3 Å². The Bertz CT molecular complexity index is 531. The van der Waals surface area contributed by atoms with E-state index in [1.165, 1.54) is 0 Å². The van der Waals surface area contributed by atoms with Gasteiger partial charge in [0.1, 0.15) is 0 Å². The highest BCUT2D eigenvalue weighted by atomic mass is 16.5. The molecule has 1 aromatic heterocycles. The van der Waals surface area contributed by atoms with Crippen LogP contribution in [0.25, 0.3) is 11.0 Å². The van der Waals surface area contributed by atoms with Crippen molar-refractivity contribution in [3.05, 3.63) is 24.3 Å². The summed E-state index contributed by atoms with van der Waals surface area (Å²) in [6.07, 6.45) is 5.08. The van der Waals surface area contributed by atoms with Crippen LogP contribution in [-0.4, -0.2) is 16.6 Å². The van der Waals surface area contributed by atoms with E-state index in [0.29, 0.717) is 0 Å². The minimum absolute atomic E-state index is 0.136. The van der Waals surface area contributed by atoms with Crippen molar-refractivity contribution in [1.29, 1.82) is 0 Å². The number of terminal acetylenes is 1. The Morgan fingerprint density at radius 2 is 1.93 bits per heavy atom. The van der Waals surface area contributed by atoms with Gasteiger partial charge in [0.2, 0.25) is 0 Å². The zero-order chi connectivity index (χ0) is 10.7. The number of nitrogens with zero attached hydrogens (tertiary/aromatic N) is 2. The van der Waals surface area contributed by atoms with Gasteiger partial charge in [0.05, 0.1) is 11.0 Å². The summed E-state index contributed by atoms with van der Waals surface area (Å²) < 4.78 is 5.16. The maximum Gasteiger partial charge on any atom is 0.258 e. The first-order valence-electron chi connectivity index (χ1n) is 4.40. The molecule has 0 spiro atoms. The molecular formula is C11H9N3O. The minimum Gasteiger partial charge on any atom is -0.462 e. The standard InChI is InChI=1S/C11H9N3O/c1-2-7-15-11-10(12)13-8-5-3-4-6-9(8)14-11/h1,3-6H,7H2,(H2,12,13). The second-order valence-electron chi connectivity index (χ2n) is 2.90. The third-order valence-corrected chi connectivity index (χ3v) is 1.86. The highest BCUT2D eigenvalue weighted by Crippen LogP contribution is 2.19. The number of fused-ring (bicyclic) bond motifs is 1. The molecule has 2 aromatic rings. The fraction of sp³-hybridized carbons (Fsp3) is 0.0909. The molecule has 1 aromatic carbocycles. The molecule has 0 bridgehead atoms. The predicted octanol–water partition coefficient (Wildman–Crippen LogP) is 1.22. The Morgan fingerprint density at radius 1 is 1.27 bits per heavy atom. The number of aromatic nitrogens is 2. The maximum atomic E-state index is 5.66. The molecule has 0 aliphatic carbocycles. The van der Waals surface area contributed by atoms with Crippen molar-refractivity contribution in [2.24, 2.45) is 0 Å². The summed E-state index contributed by atoms with van der Waals surface area (Å²) in [5, 5.41) is 0. The molecular weight excluding hydrogens is 190 g/mol. The van der Waals surface area contributed by atoms with Crippen molar-refractivity contribution in [3.8, 4) is 18.2 Å². The molecule has 0 amide bonds. The molecule has 2 N–H and O–H groups in total. The molecule has 0 saturated heterocycles. The molecule has 0 unspecified atom stereocenters. The second-order valence-corrected chi connectivity index (χ2v) is 2.90. The van der Waals surface area contributed by atoms with Gasteiger partial charge in [0.25, 0.3) is 5.88 Å². The Morgan fingerprint density at radius 3 is 2.60 bits per heavy atom. The molecule has 0 aliphatic rings. The number of hydrogen-bond acceptors (Lipinski definition) is 4. The van der Waals surface area contributed by atoms with Crippen molar-refractivity contribution in [3.63, 3.8) is 0 Å². The van der Waals surface area contributed by atoms with Gasteiger partial charge in [-0.05, 0) is 12.1 Å². The molecule has 0 fully saturated rings. The first-order valence-corrected chi connectivity index (χ1v) is 4.40. The minimum atomic E-state index is 0.136. The van der Waals surface area contributed by atoms with Crippen LogP contribution in [-0.2, 0) is 0 Å². The lowest BCUT2D eigenvalue weighted by Crippen LogP contribution is -2.02. The highest BCUT2D eigenvalue weighted by molar-refractivity contribution is 5.76. The zero-order valence-electron chi connectivity index (χ0n) is 7.97.